The fourth-order valence-electron chi connectivity index (χ4n) is 2.68. The third kappa shape index (κ3) is 3.02. The zero-order valence-electron chi connectivity index (χ0n) is 12.7. The molecule has 1 saturated heterocycles. The Labute approximate surface area is 120 Å². The zero-order valence-corrected chi connectivity index (χ0v) is 12.7. The van der Waals surface area contributed by atoms with Crippen LogP contribution in [0.2, 0.25) is 0 Å². The molecule has 2 unspecified atom stereocenters. The van der Waals surface area contributed by atoms with Crippen LogP contribution in [0.5, 0.6) is 0 Å². The summed E-state index contributed by atoms with van der Waals surface area (Å²) in [6, 6.07) is 0.155. The van der Waals surface area contributed by atoms with Crippen molar-refractivity contribution < 1.29 is 9.53 Å². The molecule has 1 aliphatic rings. The molecule has 112 valence electrons. The molecule has 1 aromatic heterocycles. The lowest BCUT2D eigenvalue weighted by Gasteiger charge is -2.39. The summed E-state index contributed by atoms with van der Waals surface area (Å²) in [6.45, 7) is 4.71. The molecule has 1 aliphatic heterocycles. The average Bonchev–Trinajstić information content (AvgIpc) is 2.85. The highest BCUT2D eigenvalue weighted by atomic mass is 16.5. The van der Waals surface area contributed by atoms with Gasteiger partial charge in [-0.3, -0.25) is 9.69 Å². The smallest absolute Gasteiger partial charge is 0.227 e. The Kier molecular flexibility index (Phi) is 4.77. The second kappa shape index (κ2) is 6.37. The van der Waals surface area contributed by atoms with Crippen LogP contribution in [0.25, 0.3) is 0 Å². The maximum atomic E-state index is 12.4. The van der Waals surface area contributed by atoms with Crippen LogP contribution in [-0.2, 0) is 16.6 Å². The SMILES string of the molecule is COCC(C)C(=O)N1CCN(C)C(c2nccn2C)C1. The molecule has 2 heterocycles. The highest BCUT2D eigenvalue weighted by Gasteiger charge is 2.32. The van der Waals surface area contributed by atoms with Gasteiger partial charge in [0.15, 0.2) is 0 Å². The Morgan fingerprint density at radius 3 is 2.85 bits per heavy atom. The quantitative estimate of drug-likeness (QED) is 0.807. The van der Waals surface area contributed by atoms with E-state index >= 15 is 0 Å². The van der Waals surface area contributed by atoms with Crippen LogP contribution in [0.1, 0.15) is 18.8 Å². The normalized spacial score (nSPS) is 22.0. The topological polar surface area (TPSA) is 50.6 Å². The molecule has 1 aromatic rings. The average molecular weight is 280 g/mol. The summed E-state index contributed by atoms with van der Waals surface area (Å²) in [5.74, 6) is 1.08. The molecule has 2 rings (SSSR count). The van der Waals surface area contributed by atoms with Gasteiger partial charge in [0, 0.05) is 46.2 Å². The monoisotopic (exact) mass is 280 g/mol. The van der Waals surface area contributed by atoms with Gasteiger partial charge in [-0.05, 0) is 7.05 Å². The van der Waals surface area contributed by atoms with Gasteiger partial charge in [-0.25, -0.2) is 4.98 Å². The number of hydrogen-bond acceptors (Lipinski definition) is 4. The first-order chi connectivity index (χ1) is 9.54. The van der Waals surface area contributed by atoms with Crippen molar-refractivity contribution in [1.82, 2.24) is 19.4 Å². The molecule has 6 heteroatoms. The predicted octanol–water partition coefficient (Wildman–Crippen LogP) is 0.518. The summed E-state index contributed by atoms with van der Waals surface area (Å²) in [6.07, 6.45) is 3.75. The summed E-state index contributed by atoms with van der Waals surface area (Å²) in [5.41, 5.74) is 0. The number of aryl methyl sites for hydroxylation is 1. The highest BCUT2D eigenvalue weighted by molar-refractivity contribution is 5.78. The van der Waals surface area contributed by atoms with Gasteiger partial charge in [-0.1, -0.05) is 6.92 Å². The van der Waals surface area contributed by atoms with E-state index in [4.69, 9.17) is 4.74 Å². The first kappa shape index (κ1) is 15.0. The van der Waals surface area contributed by atoms with E-state index in [1.54, 1.807) is 13.3 Å². The largest absolute Gasteiger partial charge is 0.384 e. The van der Waals surface area contributed by atoms with E-state index in [-0.39, 0.29) is 17.9 Å². The molecular formula is C14H24N4O2. The van der Waals surface area contributed by atoms with E-state index in [2.05, 4.69) is 16.9 Å². The lowest BCUT2D eigenvalue weighted by molar-refractivity contribution is -0.139. The third-order valence-corrected chi connectivity index (χ3v) is 3.95. The number of nitrogens with zero attached hydrogens (tertiary/aromatic N) is 4. The minimum atomic E-state index is -0.0922. The van der Waals surface area contributed by atoms with Crippen molar-refractivity contribution in [1.29, 1.82) is 0 Å². The van der Waals surface area contributed by atoms with Crippen molar-refractivity contribution in [3.8, 4) is 0 Å². The van der Waals surface area contributed by atoms with Crippen molar-refractivity contribution in [3.63, 3.8) is 0 Å². The number of carbonyl (C=O) groups is 1. The molecule has 0 bridgehead atoms. The first-order valence-corrected chi connectivity index (χ1v) is 6.99. The number of rotatable bonds is 4. The lowest BCUT2D eigenvalue weighted by atomic mass is 10.1. The summed E-state index contributed by atoms with van der Waals surface area (Å²) in [5, 5.41) is 0. The van der Waals surface area contributed by atoms with E-state index in [1.807, 2.05) is 29.6 Å². The van der Waals surface area contributed by atoms with Crippen molar-refractivity contribution >= 4 is 5.91 Å². The Morgan fingerprint density at radius 2 is 2.25 bits per heavy atom. The minimum Gasteiger partial charge on any atom is -0.384 e. The molecule has 20 heavy (non-hydrogen) atoms. The molecule has 0 N–H and O–H groups in total. The Bertz CT molecular complexity index is 460. The maximum absolute atomic E-state index is 12.4. The van der Waals surface area contributed by atoms with E-state index < -0.39 is 0 Å². The van der Waals surface area contributed by atoms with Gasteiger partial charge in [-0.15, -0.1) is 0 Å². The number of methoxy groups -OCH3 is 1. The summed E-state index contributed by atoms with van der Waals surface area (Å²) >= 11 is 0. The number of piperazine rings is 1. The predicted molar refractivity (Wildman–Crippen MR) is 76.2 cm³/mol. The second-order valence-corrected chi connectivity index (χ2v) is 5.53. The first-order valence-electron chi connectivity index (χ1n) is 6.99. The van der Waals surface area contributed by atoms with E-state index in [0.717, 1.165) is 18.9 Å². The van der Waals surface area contributed by atoms with Crippen molar-refractivity contribution in [2.45, 2.75) is 13.0 Å². The molecule has 0 aliphatic carbocycles. The Hall–Kier alpha value is -1.40. The van der Waals surface area contributed by atoms with Crippen molar-refractivity contribution in [3.05, 3.63) is 18.2 Å². The lowest BCUT2D eigenvalue weighted by Crippen LogP contribution is -2.51. The summed E-state index contributed by atoms with van der Waals surface area (Å²) in [4.78, 5) is 21.0. The van der Waals surface area contributed by atoms with Gasteiger partial charge >= 0.3 is 0 Å². The molecule has 2 atom stereocenters. The summed E-state index contributed by atoms with van der Waals surface area (Å²) < 4.78 is 7.10. The van der Waals surface area contributed by atoms with Crippen LogP contribution in [0.4, 0.5) is 0 Å². The second-order valence-electron chi connectivity index (χ2n) is 5.53. The Balaban J connectivity index is 2.08. The molecule has 0 spiro atoms. The van der Waals surface area contributed by atoms with Crippen LogP contribution in [0.15, 0.2) is 12.4 Å². The van der Waals surface area contributed by atoms with Crippen LogP contribution in [-0.4, -0.2) is 65.7 Å². The number of carbonyl (C=O) groups excluding carboxylic acids is 1. The standard InChI is InChI=1S/C14H24N4O2/c1-11(10-20-4)14(19)18-8-7-16(2)12(9-18)13-15-5-6-17(13)3/h5-6,11-12H,7-10H2,1-4H3. The fraction of sp³-hybridized carbons (Fsp3) is 0.714. The molecule has 1 amide bonds. The molecule has 6 nitrogen and oxygen atoms in total. The van der Waals surface area contributed by atoms with Crippen LogP contribution in [0.3, 0.4) is 0 Å². The summed E-state index contributed by atoms with van der Waals surface area (Å²) in [7, 11) is 5.70. The number of imidazole rings is 1. The number of aromatic nitrogens is 2. The third-order valence-electron chi connectivity index (χ3n) is 3.95. The molecule has 0 radical (unpaired) electrons. The van der Waals surface area contributed by atoms with E-state index in [0.29, 0.717) is 13.2 Å². The number of hydrogen-bond donors (Lipinski definition) is 0. The fourth-order valence-corrected chi connectivity index (χ4v) is 2.68. The highest BCUT2D eigenvalue weighted by Crippen LogP contribution is 2.23. The van der Waals surface area contributed by atoms with Gasteiger partial charge in [-0.2, -0.15) is 0 Å². The number of amides is 1. The van der Waals surface area contributed by atoms with Crippen molar-refractivity contribution in [2.24, 2.45) is 13.0 Å². The molecule has 1 fully saturated rings. The maximum Gasteiger partial charge on any atom is 0.227 e. The van der Waals surface area contributed by atoms with Crippen LogP contribution >= 0.6 is 0 Å². The van der Waals surface area contributed by atoms with Gasteiger partial charge in [0.1, 0.15) is 5.82 Å². The van der Waals surface area contributed by atoms with E-state index in [1.165, 1.54) is 0 Å². The van der Waals surface area contributed by atoms with Crippen LogP contribution < -0.4 is 0 Å². The Morgan fingerprint density at radius 1 is 1.50 bits per heavy atom. The van der Waals surface area contributed by atoms with E-state index in [9.17, 15) is 4.79 Å². The van der Waals surface area contributed by atoms with Gasteiger partial charge < -0.3 is 14.2 Å². The number of ether oxygens (including phenoxy) is 1. The zero-order chi connectivity index (χ0) is 14.7. The van der Waals surface area contributed by atoms with Gasteiger partial charge in [0.05, 0.1) is 18.6 Å². The van der Waals surface area contributed by atoms with Crippen molar-refractivity contribution in [2.75, 3.05) is 40.4 Å². The van der Waals surface area contributed by atoms with Gasteiger partial charge in [0.2, 0.25) is 5.91 Å². The molecular weight excluding hydrogens is 256 g/mol. The number of likely N-dealkylation sites (N-methyl/N-ethyl adjacent to an activating group) is 1. The minimum absolute atomic E-state index is 0.0922. The molecule has 0 saturated carbocycles. The van der Waals surface area contributed by atoms with Crippen LogP contribution in [0, 0.1) is 5.92 Å². The van der Waals surface area contributed by atoms with Gasteiger partial charge in [0.25, 0.3) is 0 Å². The molecule has 0 aromatic carbocycles.